The van der Waals surface area contributed by atoms with E-state index < -0.39 is 7.25 Å². The summed E-state index contributed by atoms with van der Waals surface area (Å²) in [5.41, 5.74) is 8.13. The summed E-state index contributed by atoms with van der Waals surface area (Å²) in [6.45, 7) is 5.06. The van der Waals surface area contributed by atoms with Crippen LogP contribution in [-0.2, 0) is 13.1 Å². The molecule has 0 aromatic carbocycles. The average molecular weight is 337 g/mol. The summed E-state index contributed by atoms with van der Waals surface area (Å²) in [5, 5.41) is 3.53. The number of hydrogen-bond acceptors (Lipinski definition) is 1. The van der Waals surface area contributed by atoms with Crippen LogP contribution in [0.4, 0.5) is 17.3 Å². The van der Waals surface area contributed by atoms with Crippen molar-refractivity contribution in [3.63, 3.8) is 0 Å². The van der Waals surface area contributed by atoms with E-state index in [0.29, 0.717) is 6.54 Å². The molecule has 1 heterocycles. The summed E-state index contributed by atoms with van der Waals surface area (Å²) < 4.78 is 43.5. The quantitative estimate of drug-likeness (QED) is 0.113. The molecule has 0 N–H and O–H groups in total. The predicted molar refractivity (Wildman–Crippen MR) is 82.2 cm³/mol. The van der Waals surface area contributed by atoms with Crippen LogP contribution in [0.1, 0.15) is 45.4 Å². The van der Waals surface area contributed by atoms with E-state index in [0.717, 1.165) is 25.9 Å². The Kier molecular flexibility index (Phi) is 11.9. The van der Waals surface area contributed by atoms with Crippen molar-refractivity contribution in [1.29, 1.82) is 0 Å². The van der Waals surface area contributed by atoms with E-state index in [9.17, 15) is 17.3 Å². The largest absolute Gasteiger partial charge is 0.673 e. The summed E-state index contributed by atoms with van der Waals surface area (Å²) in [4.78, 5) is 2.75. The number of imidazole rings is 1. The summed E-state index contributed by atoms with van der Waals surface area (Å²) in [6.07, 6.45) is 13.5. The molecule has 0 bridgehead atoms. The zero-order chi connectivity index (χ0) is 17.6. The van der Waals surface area contributed by atoms with E-state index in [1.54, 1.807) is 0 Å². The standard InChI is InChI=1S/C13H24N5.BF4/c1-2-3-9-17-11-12-18(13-17)10-7-5-4-6-8-15-16-14;2-1(3,4)5/h11-13H,2-10H2,1H3;/q+1;-1. The highest BCUT2D eigenvalue weighted by Gasteiger charge is 2.20. The molecular weight excluding hydrogens is 313 g/mol. The van der Waals surface area contributed by atoms with Gasteiger partial charge in [-0.05, 0) is 31.2 Å². The fraction of sp³-hybridized carbons (Fsp3) is 0.769. The molecule has 0 aliphatic heterocycles. The fourth-order valence-electron chi connectivity index (χ4n) is 1.92. The Morgan fingerprint density at radius 3 is 2.39 bits per heavy atom. The van der Waals surface area contributed by atoms with Crippen LogP contribution in [0.5, 0.6) is 0 Å². The molecular formula is C13H24BF4N5. The number of aromatic nitrogens is 2. The molecule has 0 unspecified atom stereocenters. The van der Waals surface area contributed by atoms with E-state index in [4.69, 9.17) is 5.53 Å². The number of azide groups is 1. The van der Waals surface area contributed by atoms with Crippen molar-refractivity contribution in [2.24, 2.45) is 5.11 Å². The van der Waals surface area contributed by atoms with E-state index in [1.807, 2.05) is 0 Å². The third-order valence-electron chi connectivity index (χ3n) is 3.00. The Labute approximate surface area is 134 Å². The lowest BCUT2D eigenvalue weighted by Gasteiger charge is -1.97. The Bertz CT molecular complexity index is 451. The van der Waals surface area contributed by atoms with E-state index in [1.165, 1.54) is 25.7 Å². The normalized spacial score (nSPS) is 10.7. The lowest BCUT2D eigenvalue weighted by molar-refractivity contribution is -0.696. The fourth-order valence-corrected chi connectivity index (χ4v) is 1.92. The second-order valence-corrected chi connectivity index (χ2v) is 5.11. The van der Waals surface area contributed by atoms with Crippen LogP contribution in [0.15, 0.2) is 23.8 Å². The molecule has 0 atom stereocenters. The molecule has 1 aromatic rings. The van der Waals surface area contributed by atoms with Crippen LogP contribution in [0.25, 0.3) is 10.4 Å². The van der Waals surface area contributed by atoms with E-state index >= 15 is 0 Å². The van der Waals surface area contributed by atoms with Crippen molar-refractivity contribution < 1.29 is 21.8 Å². The number of nitrogens with zero attached hydrogens (tertiary/aromatic N) is 5. The minimum Gasteiger partial charge on any atom is -0.418 e. The van der Waals surface area contributed by atoms with Crippen molar-refractivity contribution in [3.8, 4) is 0 Å². The smallest absolute Gasteiger partial charge is 0.418 e. The third-order valence-corrected chi connectivity index (χ3v) is 3.00. The van der Waals surface area contributed by atoms with E-state index in [2.05, 4.69) is 44.8 Å². The summed E-state index contributed by atoms with van der Waals surface area (Å²) >= 11 is 0. The predicted octanol–water partition coefficient (Wildman–Crippen LogP) is 4.75. The second-order valence-electron chi connectivity index (χ2n) is 5.11. The lowest BCUT2D eigenvalue weighted by Crippen LogP contribution is -2.30. The minimum absolute atomic E-state index is 0.636. The molecule has 0 aliphatic rings. The molecule has 10 heteroatoms. The number of aryl methyl sites for hydroxylation is 2. The van der Waals surface area contributed by atoms with Crippen molar-refractivity contribution >= 4 is 7.25 Å². The van der Waals surface area contributed by atoms with Crippen LogP contribution >= 0.6 is 0 Å². The summed E-state index contributed by atoms with van der Waals surface area (Å²) in [7, 11) is -6.00. The van der Waals surface area contributed by atoms with Gasteiger partial charge in [-0.15, -0.1) is 0 Å². The van der Waals surface area contributed by atoms with Crippen LogP contribution in [0.2, 0.25) is 0 Å². The molecule has 0 radical (unpaired) electrons. The topological polar surface area (TPSA) is 57.6 Å². The van der Waals surface area contributed by atoms with Gasteiger partial charge in [0.1, 0.15) is 12.4 Å². The first-order chi connectivity index (χ1) is 10.9. The monoisotopic (exact) mass is 337 g/mol. The van der Waals surface area contributed by atoms with Gasteiger partial charge >= 0.3 is 7.25 Å². The van der Waals surface area contributed by atoms with Gasteiger partial charge < -0.3 is 17.3 Å². The minimum atomic E-state index is -6.00. The third kappa shape index (κ3) is 16.5. The van der Waals surface area contributed by atoms with Gasteiger partial charge in [0, 0.05) is 11.5 Å². The molecule has 0 fully saturated rings. The average Bonchev–Trinajstić information content (AvgIpc) is 2.90. The van der Waals surface area contributed by atoms with Crippen molar-refractivity contribution in [2.75, 3.05) is 6.54 Å². The van der Waals surface area contributed by atoms with Crippen LogP contribution < -0.4 is 4.57 Å². The molecule has 5 nitrogen and oxygen atoms in total. The van der Waals surface area contributed by atoms with Gasteiger partial charge in [0.25, 0.3) is 0 Å². The Morgan fingerprint density at radius 1 is 1.13 bits per heavy atom. The van der Waals surface area contributed by atoms with E-state index in [-0.39, 0.29) is 0 Å². The first-order valence-electron chi connectivity index (χ1n) is 7.79. The van der Waals surface area contributed by atoms with Gasteiger partial charge in [0.15, 0.2) is 0 Å². The molecule has 132 valence electrons. The van der Waals surface area contributed by atoms with Gasteiger partial charge in [0.05, 0.1) is 13.1 Å². The summed E-state index contributed by atoms with van der Waals surface area (Å²) in [5.74, 6) is 0. The number of rotatable bonds is 10. The van der Waals surface area contributed by atoms with Crippen LogP contribution in [-0.4, -0.2) is 18.4 Å². The lowest BCUT2D eigenvalue weighted by atomic mass is 10.2. The van der Waals surface area contributed by atoms with Gasteiger partial charge in [-0.3, -0.25) is 0 Å². The molecule has 1 aromatic heterocycles. The Balaban J connectivity index is 0.000000841. The van der Waals surface area contributed by atoms with Crippen LogP contribution in [0, 0.1) is 0 Å². The van der Waals surface area contributed by atoms with Crippen molar-refractivity contribution in [3.05, 3.63) is 29.2 Å². The van der Waals surface area contributed by atoms with Gasteiger partial charge in [-0.25, -0.2) is 9.13 Å². The Hall–Kier alpha value is -1.70. The Morgan fingerprint density at radius 2 is 1.78 bits per heavy atom. The molecule has 0 saturated carbocycles. The molecule has 0 aliphatic carbocycles. The highest BCUT2D eigenvalue weighted by molar-refractivity contribution is 6.50. The number of halogens is 4. The first-order valence-corrected chi connectivity index (χ1v) is 7.79. The maximum absolute atomic E-state index is 9.75. The zero-order valence-electron chi connectivity index (χ0n) is 13.4. The highest BCUT2D eigenvalue weighted by atomic mass is 19.5. The van der Waals surface area contributed by atoms with Gasteiger partial charge in [-0.1, -0.05) is 24.9 Å². The number of unbranched alkanes of at least 4 members (excludes halogenated alkanes) is 4. The zero-order valence-corrected chi connectivity index (χ0v) is 13.4. The molecule has 1 rings (SSSR count). The maximum Gasteiger partial charge on any atom is 0.673 e. The van der Waals surface area contributed by atoms with Gasteiger partial charge in [-0.2, -0.15) is 0 Å². The number of hydrogen-bond donors (Lipinski definition) is 0. The highest BCUT2D eigenvalue weighted by Crippen LogP contribution is 2.06. The first kappa shape index (κ1) is 21.3. The van der Waals surface area contributed by atoms with Crippen molar-refractivity contribution in [2.45, 2.75) is 58.5 Å². The van der Waals surface area contributed by atoms with Gasteiger partial charge in [0.2, 0.25) is 6.33 Å². The second kappa shape index (κ2) is 12.8. The molecule has 0 spiro atoms. The van der Waals surface area contributed by atoms with Crippen LogP contribution in [0.3, 0.4) is 0 Å². The van der Waals surface area contributed by atoms with Crippen molar-refractivity contribution in [1.82, 2.24) is 4.57 Å². The molecule has 23 heavy (non-hydrogen) atoms. The molecule has 0 amide bonds. The maximum atomic E-state index is 9.75. The SMILES string of the molecule is CCCCn1cc[n+](CCCCCCN=[N+]=[N-])c1.F[B-](F)(F)F. The molecule has 0 saturated heterocycles. The summed E-state index contributed by atoms with van der Waals surface area (Å²) in [6, 6.07) is 0.